The molecule has 4 nitrogen and oxygen atoms in total. The normalized spacial score (nSPS) is 10.3. The summed E-state index contributed by atoms with van der Waals surface area (Å²) in [5.74, 6) is -0.713. The summed E-state index contributed by atoms with van der Waals surface area (Å²) in [6.07, 6.45) is 0. The first-order valence-electron chi connectivity index (χ1n) is 5.93. The van der Waals surface area contributed by atoms with Crippen molar-refractivity contribution in [3.63, 3.8) is 0 Å². The standard InChI is InChI=1S/C13H16BrNO3S/c1-3-15(4-2)12(16)8-19-11-7-9(14)5-6-10(11)13(17)18/h5-7H,3-4,8H2,1-2H3,(H,17,18). The number of carboxylic acids is 1. The van der Waals surface area contributed by atoms with E-state index >= 15 is 0 Å². The first-order valence-corrected chi connectivity index (χ1v) is 7.70. The lowest BCUT2D eigenvalue weighted by Gasteiger charge is -2.18. The van der Waals surface area contributed by atoms with Crippen LogP contribution in [-0.2, 0) is 4.79 Å². The van der Waals surface area contributed by atoms with Crippen molar-refractivity contribution >= 4 is 39.6 Å². The maximum absolute atomic E-state index is 11.9. The zero-order chi connectivity index (χ0) is 14.4. The van der Waals surface area contributed by atoms with Crippen molar-refractivity contribution in [2.45, 2.75) is 18.7 Å². The first kappa shape index (κ1) is 16.0. The van der Waals surface area contributed by atoms with Crippen molar-refractivity contribution < 1.29 is 14.7 Å². The quantitative estimate of drug-likeness (QED) is 0.804. The summed E-state index contributed by atoms with van der Waals surface area (Å²) >= 11 is 4.56. The topological polar surface area (TPSA) is 57.6 Å². The lowest BCUT2D eigenvalue weighted by atomic mass is 10.2. The third-order valence-electron chi connectivity index (χ3n) is 2.64. The predicted molar refractivity (Wildman–Crippen MR) is 79.8 cm³/mol. The second-order valence-corrected chi connectivity index (χ2v) is 5.73. The Kier molecular flexibility index (Phi) is 6.37. The van der Waals surface area contributed by atoms with Gasteiger partial charge in [0.05, 0.1) is 11.3 Å². The molecule has 0 aliphatic carbocycles. The van der Waals surface area contributed by atoms with Gasteiger partial charge in [0.1, 0.15) is 0 Å². The number of hydrogen-bond acceptors (Lipinski definition) is 3. The van der Waals surface area contributed by atoms with Gasteiger partial charge in [0, 0.05) is 22.5 Å². The minimum absolute atomic E-state index is 0.0197. The number of hydrogen-bond donors (Lipinski definition) is 1. The number of benzene rings is 1. The molecule has 1 aromatic rings. The maximum Gasteiger partial charge on any atom is 0.336 e. The predicted octanol–water partition coefficient (Wildman–Crippen LogP) is 3.11. The van der Waals surface area contributed by atoms with E-state index in [-0.39, 0.29) is 17.2 Å². The number of aromatic carboxylic acids is 1. The minimum Gasteiger partial charge on any atom is -0.478 e. The van der Waals surface area contributed by atoms with Gasteiger partial charge in [-0.25, -0.2) is 4.79 Å². The average Bonchev–Trinajstić information content (AvgIpc) is 2.37. The van der Waals surface area contributed by atoms with Gasteiger partial charge in [-0.1, -0.05) is 15.9 Å². The molecule has 104 valence electrons. The van der Waals surface area contributed by atoms with Crippen LogP contribution >= 0.6 is 27.7 Å². The Morgan fingerprint density at radius 1 is 1.32 bits per heavy atom. The molecule has 0 aliphatic rings. The molecule has 0 aromatic heterocycles. The SMILES string of the molecule is CCN(CC)C(=O)CSc1cc(Br)ccc1C(=O)O. The Hall–Kier alpha value is -1.01. The van der Waals surface area contributed by atoms with Crippen molar-refractivity contribution in [2.24, 2.45) is 0 Å². The van der Waals surface area contributed by atoms with Crippen molar-refractivity contribution in [3.8, 4) is 0 Å². The van der Waals surface area contributed by atoms with Crippen molar-refractivity contribution in [1.29, 1.82) is 0 Å². The van der Waals surface area contributed by atoms with Gasteiger partial charge in [0.15, 0.2) is 0 Å². The van der Waals surface area contributed by atoms with Crippen LogP contribution in [0.3, 0.4) is 0 Å². The molecule has 19 heavy (non-hydrogen) atoms. The van der Waals surface area contributed by atoms with Gasteiger partial charge in [0.25, 0.3) is 0 Å². The molecule has 1 amide bonds. The molecule has 6 heteroatoms. The van der Waals surface area contributed by atoms with Gasteiger partial charge in [-0.3, -0.25) is 4.79 Å². The summed E-state index contributed by atoms with van der Waals surface area (Å²) in [6, 6.07) is 4.94. The molecule has 0 aliphatic heterocycles. The third kappa shape index (κ3) is 4.54. The number of carbonyl (C=O) groups excluding carboxylic acids is 1. The fourth-order valence-corrected chi connectivity index (χ4v) is 3.09. The van der Waals surface area contributed by atoms with E-state index in [1.54, 1.807) is 17.0 Å². The summed E-state index contributed by atoms with van der Waals surface area (Å²) in [5, 5.41) is 9.10. The molecule has 0 fully saturated rings. The Morgan fingerprint density at radius 3 is 2.47 bits per heavy atom. The van der Waals surface area contributed by atoms with E-state index in [4.69, 9.17) is 5.11 Å². The third-order valence-corrected chi connectivity index (χ3v) is 4.17. The fourth-order valence-electron chi connectivity index (χ4n) is 1.60. The second-order valence-electron chi connectivity index (χ2n) is 3.80. The molecule has 0 unspecified atom stereocenters. The van der Waals surface area contributed by atoms with E-state index in [1.165, 1.54) is 17.8 Å². The fraction of sp³-hybridized carbons (Fsp3) is 0.385. The van der Waals surface area contributed by atoms with E-state index in [9.17, 15) is 9.59 Å². The van der Waals surface area contributed by atoms with Gasteiger partial charge in [0.2, 0.25) is 5.91 Å². The van der Waals surface area contributed by atoms with E-state index in [1.807, 2.05) is 13.8 Å². The summed E-state index contributed by atoms with van der Waals surface area (Å²) < 4.78 is 0.801. The smallest absolute Gasteiger partial charge is 0.336 e. The van der Waals surface area contributed by atoms with Crippen LogP contribution in [0.1, 0.15) is 24.2 Å². The molecule has 0 spiro atoms. The number of halogens is 1. The van der Waals surface area contributed by atoms with Crippen LogP contribution in [0.2, 0.25) is 0 Å². The number of amides is 1. The second kappa shape index (κ2) is 7.55. The number of rotatable bonds is 6. The molecule has 0 radical (unpaired) electrons. The Morgan fingerprint density at radius 2 is 1.95 bits per heavy atom. The Balaban J connectivity index is 2.79. The molecular weight excluding hydrogens is 330 g/mol. The summed E-state index contributed by atoms with van der Waals surface area (Å²) in [4.78, 5) is 25.3. The van der Waals surface area contributed by atoms with Crippen LogP contribution in [0.15, 0.2) is 27.6 Å². The number of thioether (sulfide) groups is 1. The summed E-state index contributed by atoms with van der Waals surface area (Å²) in [7, 11) is 0. The van der Waals surface area contributed by atoms with Crippen LogP contribution < -0.4 is 0 Å². The van der Waals surface area contributed by atoms with E-state index in [2.05, 4.69) is 15.9 Å². The lowest BCUT2D eigenvalue weighted by molar-refractivity contribution is -0.127. The van der Waals surface area contributed by atoms with Crippen molar-refractivity contribution in [1.82, 2.24) is 4.90 Å². The minimum atomic E-state index is -0.981. The monoisotopic (exact) mass is 345 g/mol. The van der Waals surface area contributed by atoms with Crippen LogP contribution in [0, 0.1) is 0 Å². The maximum atomic E-state index is 11.9. The molecule has 0 saturated heterocycles. The Bertz CT molecular complexity index is 475. The molecule has 0 atom stereocenters. The van der Waals surface area contributed by atoms with E-state index in [0.29, 0.717) is 18.0 Å². The molecule has 1 N–H and O–H groups in total. The van der Waals surface area contributed by atoms with Gasteiger partial charge in [-0.2, -0.15) is 0 Å². The van der Waals surface area contributed by atoms with Gasteiger partial charge in [-0.15, -0.1) is 11.8 Å². The highest BCUT2D eigenvalue weighted by atomic mass is 79.9. The highest BCUT2D eigenvalue weighted by Gasteiger charge is 2.14. The van der Waals surface area contributed by atoms with Crippen LogP contribution in [0.5, 0.6) is 0 Å². The average molecular weight is 346 g/mol. The Labute approximate surface area is 125 Å². The zero-order valence-electron chi connectivity index (χ0n) is 10.9. The summed E-state index contributed by atoms with van der Waals surface area (Å²) in [5.41, 5.74) is 0.223. The highest BCUT2D eigenvalue weighted by molar-refractivity contribution is 9.10. The first-order chi connectivity index (χ1) is 8.99. The lowest BCUT2D eigenvalue weighted by Crippen LogP contribution is -2.31. The van der Waals surface area contributed by atoms with Crippen LogP contribution in [-0.4, -0.2) is 40.7 Å². The van der Waals surface area contributed by atoms with Crippen molar-refractivity contribution in [2.75, 3.05) is 18.8 Å². The molecule has 0 saturated carbocycles. The van der Waals surface area contributed by atoms with Gasteiger partial charge >= 0.3 is 5.97 Å². The molecule has 0 bridgehead atoms. The van der Waals surface area contributed by atoms with Crippen LogP contribution in [0.25, 0.3) is 0 Å². The van der Waals surface area contributed by atoms with E-state index in [0.717, 1.165) is 4.47 Å². The molecule has 1 aromatic carbocycles. The zero-order valence-corrected chi connectivity index (χ0v) is 13.3. The van der Waals surface area contributed by atoms with Gasteiger partial charge < -0.3 is 10.0 Å². The molecular formula is C13H16BrNO3S. The number of carbonyl (C=O) groups is 2. The van der Waals surface area contributed by atoms with Gasteiger partial charge in [-0.05, 0) is 32.0 Å². The van der Waals surface area contributed by atoms with Crippen molar-refractivity contribution in [3.05, 3.63) is 28.2 Å². The number of carboxylic acid groups (broad SMARTS) is 1. The highest BCUT2D eigenvalue weighted by Crippen LogP contribution is 2.26. The largest absolute Gasteiger partial charge is 0.478 e. The molecule has 0 heterocycles. The molecule has 1 rings (SSSR count). The summed E-state index contributed by atoms with van der Waals surface area (Å²) in [6.45, 7) is 5.18. The van der Waals surface area contributed by atoms with Crippen LogP contribution in [0.4, 0.5) is 0 Å². The van der Waals surface area contributed by atoms with E-state index < -0.39 is 5.97 Å². The number of nitrogens with zero attached hydrogens (tertiary/aromatic N) is 1.